The summed E-state index contributed by atoms with van der Waals surface area (Å²) in [6, 6.07) is 0. The summed E-state index contributed by atoms with van der Waals surface area (Å²) in [7, 11) is -3.12. The van der Waals surface area contributed by atoms with E-state index < -0.39 is 14.6 Å². The van der Waals surface area contributed by atoms with Crippen molar-refractivity contribution in [3.8, 4) is 0 Å². The molecular weight excluding hydrogens is 463 g/mol. The monoisotopic (exact) mass is 502 g/mol. The van der Waals surface area contributed by atoms with Gasteiger partial charge in [-0.3, -0.25) is 9.89 Å². The SMILES string of the molecule is CCNC(=NCC(C)(C)N1CCCCC1)NCCS(=O)(=O)C(C)(C)C.I. The zero-order chi connectivity index (χ0) is 19.1. The lowest BCUT2D eigenvalue weighted by Gasteiger charge is -2.40. The maximum Gasteiger partial charge on any atom is 0.191 e. The number of piperidine rings is 1. The zero-order valence-electron chi connectivity index (χ0n) is 17.4. The van der Waals surface area contributed by atoms with Crippen molar-refractivity contribution in [1.29, 1.82) is 0 Å². The maximum absolute atomic E-state index is 12.2. The van der Waals surface area contributed by atoms with Gasteiger partial charge in [-0.1, -0.05) is 6.42 Å². The highest BCUT2D eigenvalue weighted by Crippen LogP contribution is 2.20. The molecule has 156 valence electrons. The highest BCUT2D eigenvalue weighted by molar-refractivity contribution is 14.0. The first-order chi connectivity index (χ1) is 11.5. The summed E-state index contributed by atoms with van der Waals surface area (Å²) in [4.78, 5) is 7.21. The van der Waals surface area contributed by atoms with E-state index in [0.29, 0.717) is 19.0 Å². The number of aliphatic imine (C=N–C) groups is 1. The fourth-order valence-corrected chi connectivity index (χ4v) is 3.81. The Morgan fingerprint density at radius 1 is 1.04 bits per heavy atom. The molecule has 0 aromatic heterocycles. The molecule has 0 atom stereocenters. The molecule has 0 radical (unpaired) electrons. The average molecular weight is 503 g/mol. The molecule has 1 fully saturated rings. The number of nitrogens with one attached hydrogen (secondary N) is 2. The van der Waals surface area contributed by atoms with E-state index in [9.17, 15) is 8.42 Å². The Morgan fingerprint density at radius 2 is 1.62 bits per heavy atom. The van der Waals surface area contributed by atoms with Gasteiger partial charge in [0.2, 0.25) is 0 Å². The van der Waals surface area contributed by atoms with Gasteiger partial charge in [0.05, 0.1) is 17.0 Å². The van der Waals surface area contributed by atoms with Crippen LogP contribution >= 0.6 is 24.0 Å². The number of likely N-dealkylation sites (tertiary alicyclic amines) is 1. The Labute approximate surface area is 177 Å². The number of rotatable bonds is 7. The third-order valence-corrected chi connectivity index (χ3v) is 7.38. The van der Waals surface area contributed by atoms with Gasteiger partial charge in [0, 0.05) is 18.6 Å². The number of sulfone groups is 1. The van der Waals surface area contributed by atoms with Crippen molar-refractivity contribution in [2.75, 3.05) is 38.5 Å². The summed E-state index contributed by atoms with van der Waals surface area (Å²) in [6.45, 7) is 15.8. The highest BCUT2D eigenvalue weighted by atomic mass is 127. The van der Waals surface area contributed by atoms with Crippen LogP contribution < -0.4 is 10.6 Å². The highest BCUT2D eigenvalue weighted by Gasteiger charge is 2.29. The lowest BCUT2D eigenvalue weighted by molar-refractivity contribution is 0.102. The van der Waals surface area contributed by atoms with Crippen LogP contribution in [-0.2, 0) is 9.84 Å². The Balaban J connectivity index is 0.00000625. The molecule has 0 aromatic carbocycles. The number of guanidine groups is 1. The van der Waals surface area contributed by atoms with Gasteiger partial charge in [0.25, 0.3) is 0 Å². The van der Waals surface area contributed by atoms with Gasteiger partial charge >= 0.3 is 0 Å². The van der Waals surface area contributed by atoms with Crippen molar-refractivity contribution in [2.45, 2.75) is 71.1 Å². The number of hydrogen-bond acceptors (Lipinski definition) is 4. The van der Waals surface area contributed by atoms with Crippen LogP contribution in [-0.4, -0.2) is 68.0 Å². The standard InChI is InChI=1S/C18H38N4O2S.HI/c1-7-19-16(20-11-14-25(23,24)17(2,3)4)21-15-18(5,6)22-12-9-8-10-13-22;/h7-15H2,1-6H3,(H2,19,20,21);1H. The topological polar surface area (TPSA) is 73.8 Å². The minimum absolute atomic E-state index is 0. The van der Waals surface area contributed by atoms with Crippen LogP contribution in [0.25, 0.3) is 0 Å². The van der Waals surface area contributed by atoms with Crippen molar-refractivity contribution < 1.29 is 8.42 Å². The van der Waals surface area contributed by atoms with E-state index in [1.54, 1.807) is 20.8 Å². The second-order valence-electron chi connectivity index (χ2n) is 8.41. The Morgan fingerprint density at radius 3 is 2.12 bits per heavy atom. The number of hydrogen-bond donors (Lipinski definition) is 2. The van der Waals surface area contributed by atoms with Crippen molar-refractivity contribution in [3.63, 3.8) is 0 Å². The molecule has 0 aromatic rings. The van der Waals surface area contributed by atoms with Crippen LogP contribution in [0.2, 0.25) is 0 Å². The normalized spacial score (nSPS) is 17.5. The Kier molecular flexibility index (Phi) is 11.0. The molecule has 0 spiro atoms. The van der Waals surface area contributed by atoms with Crippen molar-refractivity contribution in [3.05, 3.63) is 0 Å². The van der Waals surface area contributed by atoms with E-state index in [2.05, 4.69) is 29.4 Å². The van der Waals surface area contributed by atoms with Crippen molar-refractivity contribution in [2.24, 2.45) is 4.99 Å². The van der Waals surface area contributed by atoms with Crippen LogP contribution in [0, 0.1) is 0 Å². The van der Waals surface area contributed by atoms with Gasteiger partial charge in [-0.25, -0.2) is 8.42 Å². The smallest absolute Gasteiger partial charge is 0.191 e. The lowest BCUT2D eigenvalue weighted by Crippen LogP contribution is -2.50. The van der Waals surface area contributed by atoms with E-state index in [1.807, 2.05) is 6.92 Å². The number of halogens is 1. The minimum Gasteiger partial charge on any atom is -0.357 e. The van der Waals surface area contributed by atoms with Gasteiger partial charge in [0.15, 0.2) is 15.8 Å². The predicted molar refractivity (Wildman–Crippen MR) is 122 cm³/mol. The molecule has 26 heavy (non-hydrogen) atoms. The summed E-state index contributed by atoms with van der Waals surface area (Å²) >= 11 is 0. The largest absolute Gasteiger partial charge is 0.357 e. The summed E-state index contributed by atoms with van der Waals surface area (Å²) in [5.41, 5.74) is 0.0141. The molecule has 6 nitrogen and oxygen atoms in total. The van der Waals surface area contributed by atoms with E-state index >= 15 is 0 Å². The summed E-state index contributed by atoms with van der Waals surface area (Å²) in [5.74, 6) is 0.799. The maximum atomic E-state index is 12.2. The lowest BCUT2D eigenvalue weighted by atomic mass is 9.99. The molecule has 1 saturated heterocycles. The molecule has 8 heteroatoms. The molecule has 0 bridgehead atoms. The number of nitrogens with zero attached hydrogens (tertiary/aromatic N) is 2. The van der Waals surface area contributed by atoms with Gasteiger partial charge < -0.3 is 10.6 Å². The molecular formula is C18H39IN4O2S. The Bertz CT molecular complexity index is 536. The molecule has 0 unspecified atom stereocenters. The third kappa shape index (κ3) is 8.29. The molecule has 0 amide bonds. The molecule has 2 N–H and O–H groups in total. The molecule has 1 aliphatic rings. The fraction of sp³-hybridized carbons (Fsp3) is 0.944. The van der Waals surface area contributed by atoms with Crippen LogP contribution in [0.3, 0.4) is 0 Å². The first kappa shape index (κ1) is 25.9. The average Bonchev–Trinajstić information content (AvgIpc) is 2.52. The summed E-state index contributed by atoms with van der Waals surface area (Å²) in [6.07, 6.45) is 3.84. The minimum atomic E-state index is -3.12. The first-order valence-corrected chi connectivity index (χ1v) is 11.1. The third-order valence-electron chi connectivity index (χ3n) is 4.78. The summed E-state index contributed by atoms with van der Waals surface area (Å²) < 4.78 is 23.7. The van der Waals surface area contributed by atoms with Gasteiger partial charge in [0.1, 0.15) is 0 Å². The quantitative estimate of drug-likeness (QED) is 0.318. The second-order valence-corrected chi connectivity index (χ2v) is 11.3. The molecule has 1 rings (SSSR count). The molecule has 0 aliphatic carbocycles. The summed E-state index contributed by atoms with van der Waals surface area (Å²) in [5, 5.41) is 6.37. The molecule has 1 heterocycles. The predicted octanol–water partition coefficient (Wildman–Crippen LogP) is 2.64. The zero-order valence-corrected chi connectivity index (χ0v) is 20.5. The van der Waals surface area contributed by atoms with E-state index in [1.165, 1.54) is 19.3 Å². The van der Waals surface area contributed by atoms with Crippen LogP contribution in [0.1, 0.15) is 60.8 Å². The van der Waals surface area contributed by atoms with Crippen LogP contribution in [0.5, 0.6) is 0 Å². The second kappa shape index (κ2) is 11.0. The Hall–Kier alpha value is -0.0900. The van der Waals surface area contributed by atoms with Gasteiger partial charge in [-0.2, -0.15) is 0 Å². The van der Waals surface area contributed by atoms with Gasteiger partial charge in [-0.05, 0) is 67.5 Å². The van der Waals surface area contributed by atoms with E-state index in [-0.39, 0.29) is 35.3 Å². The van der Waals surface area contributed by atoms with E-state index in [4.69, 9.17) is 4.99 Å². The molecule has 0 saturated carbocycles. The van der Waals surface area contributed by atoms with E-state index in [0.717, 1.165) is 19.6 Å². The van der Waals surface area contributed by atoms with Crippen LogP contribution in [0.15, 0.2) is 4.99 Å². The fourth-order valence-electron chi connectivity index (χ4n) is 2.82. The van der Waals surface area contributed by atoms with Crippen molar-refractivity contribution in [1.82, 2.24) is 15.5 Å². The van der Waals surface area contributed by atoms with Gasteiger partial charge in [-0.15, -0.1) is 24.0 Å². The van der Waals surface area contributed by atoms with Crippen molar-refractivity contribution >= 4 is 39.8 Å². The van der Waals surface area contributed by atoms with Crippen LogP contribution in [0.4, 0.5) is 0 Å². The first-order valence-electron chi connectivity index (χ1n) is 9.49. The molecule has 1 aliphatic heterocycles.